The van der Waals surface area contributed by atoms with E-state index >= 15 is 0 Å². The minimum absolute atomic E-state index is 0.728. The third-order valence-corrected chi connectivity index (χ3v) is 14.0. The van der Waals surface area contributed by atoms with Gasteiger partial charge in [-0.15, -0.1) is 0 Å². The van der Waals surface area contributed by atoms with Crippen LogP contribution in [-0.4, -0.2) is 16.1 Å². The first kappa shape index (κ1) is 16.0. The molecule has 0 saturated carbocycles. The lowest BCUT2D eigenvalue weighted by Crippen LogP contribution is -2.48. The predicted molar refractivity (Wildman–Crippen MR) is 104 cm³/mol. The molecule has 0 saturated heterocycles. The molecule has 1 heterocycles. The SMILES string of the molecule is C[Si](C)(C)C1=C(c2ccc(C#N)cc2)c2ccccc2[Si]1(C)C. The fourth-order valence-corrected chi connectivity index (χ4v) is 15.7. The maximum absolute atomic E-state index is 9.07. The van der Waals surface area contributed by atoms with E-state index in [4.69, 9.17) is 5.26 Å². The molecule has 0 aromatic heterocycles. The maximum atomic E-state index is 9.07. The van der Waals surface area contributed by atoms with Crippen molar-refractivity contribution >= 4 is 26.9 Å². The third kappa shape index (κ3) is 2.52. The Kier molecular flexibility index (Phi) is 3.70. The van der Waals surface area contributed by atoms with Crippen LogP contribution in [0, 0.1) is 11.3 Å². The number of benzene rings is 2. The second-order valence-electron chi connectivity index (χ2n) is 7.86. The van der Waals surface area contributed by atoms with E-state index in [0.29, 0.717) is 0 Å². The summed E-state index contributed by atoms with van der Waals surface area (Å²) in [4.78, 5) is 1.75. The van der Waals surface area contributed by atoms with E-state index in [1.165, 1.54) is 16.7 Å². The first-order valence-corrected chi connectivity index (χ1v) is 14.6. The first-order valence-electron chi connectivity index (χ1n) is 8.12. The monoisotopic (exact) mass is 333 g/mol. The van der Waals surface area contributed by atoms with E-state index in [2.05, 4.69) is 75.2 Å². The van der Waals surface area contributed by atoms with Gasteiger partial charge < -0.3 is 0 Å². The highest BCUT2D eigenvalue weighted by atomic mass is 28.4. The van der Waals surface area contributed by atoms with E-state index in [9.17, 15) is 0 Å². The van der Waals surface area contributed by atoms with Crippen LogP contribution in [0.15, 0.2) is 53.4 Å². The summed E-state index contributed by atoms with van der Waals surface area (Å²) in [5.41, 5.74) is 4.88. The van der Waals surface area contributed by atoms with E-state index < -0.39 is 16.1 Å². The molecule has 0 radical (unpaired) electrons. The van der Waals surface area contributed by atoms with Crippen molar-refractivity contribution in [2.24, 2.45) is 0 Å². The lowest BCUT2D eigenvalue weighted by Gasteiger charge is -2.31. The van der Waals surface area contributed by atoms with E-state index in [-0.39, 0.29) is 0 Å². The molecule has 0 bridgehead atoms. The van der Waals surface area contributed by atoms with Gasteiger partial charge in [-0.05, 0) is 34.0 Å². The number of rotatable bonds is 2. The van der Waals surface area contributed by atoms with E-state index in [1.807, 2.05) is 12.1 Å². The highest BCUT2D eigenvalue weighted by Gasteiger charge is 2.44. The predicted octanol–water partition coefficient (Wildman–Crippen LogP) is 4.71. The summed E-state index contributed by atoms with van der Waals surface area (Å²) in [7, 11) is -3.07. The minimum Gasteiger partial charge on any atom is -0.192 e. The molecule has 0 unspecified atom stereocenters. The van der Waals surface area contributed by atoms with Crippen molar-refractivity contribution < 1.29 is 0 Å². The molecule has 3 heteroatoms. The topological polar surface area (TPSA) is 23.8 Å². The Morgan fingerprint density at radius 2 is 1.52 bits per heavy atom. The van der Waals surface area contributed by atoms with Gasteiger partial charge in [0.2, 0.25) is 0 Å². The van der Waals surface area contributed by atoms with Crippen LogP contribution >= 0.6 is 0 Å². The maximum Gasteiger partial charge on any atom is 0.105 e. The summed E-state index contributed by atoms with van der Waals surface area (Å²) in [5, 5.41) is 10.6. The molecule has 23 heavy (non-hydrogen) atoms. The zero-order chi connectivity index (χ0) is 16.8. The Balaban J connectivity index is 2.33. The standard InChI is InChI=1S/C20H23NSi2/c1-22(2,3)20-19(16-12-10-15(14-21)11-13-16)17-8-6-7-9-18(17)23(20,4)5/h6-13H,1-5H3. The molecule has 0 amide bonds. The van der Waals surface area contributed by atoms with Crippen LogP contribution in [0.2, 0.25) is 32.7 Å². The lowest BCUT2D eigenvalue weighted by molar-refractivity contribution is 1.47. The van der Waals surface area contributed by atoms with Crippen LogP contribution in [0.1, 0.15) is 16.7 Å². The summed E-state index contributed by atoms with van der Waals surface area (Å²) in [6.07, 6.45) is 0. The van der Waals surface area contributed by atoms with Crippen molar-refractivity contribution in [2.45, 2.75) is 32.7 Å². The Morgan fingerprint density at radius 1 is 0.913 bits per heavy atom. The third-order valence-electron chi connectivity index (χ3n) is 4.80. The van der Waals surface area contributed by atoms with Crippen LogP contribution < -0.4 is 5.19 Å². The molecule has 0 N–H and O–H groups in total. The molecule has 1 aliphatic heterocycles. The highest BCUT2D eigenvalue weighted by molar-refractivity contribution is 7.13. The molecule has 116 valence electrons. The number of hydrogen-bond donors (Lipinski definition) is 0. The Bertz CT molecular complexity index is 831. The molecule has 3 rings (SSSR count). The molecule has 1 aliphatic rings. The molecule has 0 atom stereocenters. The Morgan fingerprint density at radius 3 is 2.09 bits per heavy atom. The van der Waals surface area contributed by atoms with Crippen LogP contribution in [0.4, 0.5) is 0 Å². The summed E-state index contributed by atoms with van der Waals surface area (Å²) in [6, 6.07) is 19.3. The van der Waals surface area contributed by atoms with Gasteiger partial charge >= 0.3 is 0 Å². The van der Waals surface area contributed by atoms with Gasteiger partial charge in [0.05, 0.1) is 19.7 Å². The second kappa shape index (κ2) is 5.33. The zero-order valence-corrected chi connectivity index (χ0v) is 16.6. The number of nitrogens with zero attached hydrogens (tertiary/aromatic N) is 1. The zero-order valence-electron chi connectivity index (χ0n) is 14.6. The fraction of sp³-hybridized carbons (Fsp3) is 0.250. The average molecular weight is 334 g/mol. The average Bonchev–Trinajstić information content (AvgIpc) is 2.76. The number of fused-ring (bicyclic) bond motifs is 1. The second-order valence-corrected chi connectivity index (χ2v) is 17.6. The van der Waals surface area contributed by atoms with Crippen molar-refractivity contribution in [1.29, 1.82) is 5.26 Å². The van der Waals surface area contributed by atoms with Crippen LogP contribution in [-0.2, 0) is 0 Å². The number of nitriles is 1. The largest absolute Gasteiger partial charge is 0.192 e. The normalized spacial score (nSPS) is 16.2. The van der Waals surface area contributed by atoms with Gasteiger partial charge in [0.25, 0.3) is 0 Å². The molecule has 2 aromatic carbocycles. The van der Waals surface area contributed by atoms with Crippen molar-refractivity contribution in [3.05, 3.63) is 70.0 Å². The van der Waals surface area contributed by atoms with Gasteiger partial charge in [-0.2, -0.15) is 5.26 Å². The van der Waals surface area contributed by atoms with Crippen molar-refractivity contribution in [2.75, 3.05) is 0 Å². The quantitative estimate of drug-likeness (QED) is 0.730. The van der Waals surface area contributed by atoms with Crippen molar-refractivity contribution in [1.82, 2.24) is 0 Å². The van der Waals surface area contributed by atoms with Crippen molar-refractivity contribution in [3.63, 3.8) is 0 Å². The highest BCUT2D eigenvalue weighted by Crippen LogP contribution is 2.42. The lowest BCUT2D eigenvalue weighted by atomic mass is 9.99. The smallest absolute Gasteiger partial charge is 0.105 e. The molecule has 2 aromatic rings. The Hall–Kier alpha value is -1.90. The summed E-state index contributed by atoms with van der Waals surface area (Å²) >= 11 is 0. The summed E-state index contributed by atoms with van der Waals surface area (Å²) < 4.78 is 0. The van der Waals surface area contributed by atoms with Gasteiger partial charge in [-0.3, -0.25) is 0 Å². The summed E-state index contributed by atoms with van der Waals surface area (Å²) in [5.74, 6) is 0. The van der Waals surface area contributed by atoms with Gasteiger partial charge in [-0.25, -0.2) is 0 Å². The molecule has 0 spiro atoms. The van der Waals surface area contributed by atoms with Gasteiger partial charge in [0, 0.05) is 0 Å². The first-order chi connectivity index (χ1) is 10.8. The fourth-order valence-electron chi connectivity index (χ4n) is 4.15. The summed E-state index contributed by atoms with van der Waals surface area (Å²) in [6.45, 7) is 12.4. The molecule has 0 aliphatic carbocycles. The molecular weight excluding hydrogens is 310 g/mol. The van der Waals surface area contributed by atoms with Gasteiger partial charge in [0.1, 0.15) is 8.07 Å². The van der Waals surface area contributed by atoms with E-state index in [0.717, 1.165) is 5.56 Å². The molecule has 1 nitrogen and oxygen atoms in total. The molecule has 0 fully saturated rings. The van der Waals surface area contributed by atoms with Crippen LogP contribution in [0.3, 0.4) is 0 Å². The van der Waals surface area contributed by atoms with Crippen molar-refractivity contribution in [3.8, 4) is 6.07 Å². The minimum atomic E-state index is -1.62. The van der Waals surface area contributed by atoms with Crippen LogP contribution in [0.5, 0.6) is 0 Å². The van der Waals surface area contributed by atoms with Crippen LogP contribution in [0.25, 0.3) is 5.57 Å². The van der Waals surface area contributed by atoms with Gasteiger partial charge in [0.15, 0.2) is 0 Å². The molecular formula is C20H23NSi2. The number of hydrogen-bond acceptors (Lipinski definition) is 1. The van der Waals surface area contributed by atoms with Gasteiger partial charge in [-0.1, -0.05) is 74.0 Å². The Labute approximate surface area is 141 Å². The van der Waals surface area contributed by atoms with E-state index in [1.54, 1.807) is 10.0 Å².